The van der Waals surface area contributed by atoms with Crippen molar-refractivity contribution in [2.75, 3.05) is 11.9 Å². The lowest BCUT2D eigenvalue weighted by Crippen LogP contribution is -2.03. The Morgan fingerprint density at radius 2 is 2.00 bits per heavy atom. The van der Waals surface area contributed by atoms with Gasteiger partial charge in [0.1, 0.15) is 17.2 Å². The van der Waals surface area contributed by atoms with E-state index in [9.17, 15) is 0 Å². The molecule has 19 heavy (non-hydrogen) atoms. The lowest BCUT2D eigenvalue weighted by atomic mass is 10.3. The molecular formula is C13H13Cl2N3S. The lowest BCUT2D eigenvalue weighted by molar-refractivity contribution is 0.990. The average Bonchev–Trinajstić information content (AvgIpc) is 2.39. The first-order valence-corrected chi connectivity index (χ1v) is 7.37. The van der Waals surface area contributed by atoms with Gasteiger partial charge in [-0.15, -0.1) is 0 Å². The topological polar surface area (TPSA) is 37.8 Å². The van der Waals surface area contributed by atoms with Crippen molar-refractivity contribution in [2.45, 2.75) is 23.8 Å². The van der Waals surface area contributed by atoms with E-state index in [0.29, 0.717) is 10.0 Å². The van der Waals surface area contributed by atoms with Crippen LogP contribution in [0.3, 0.4) is 0 Å². The Hall–Kier alpha value is -0.970. The summed E-state index contributed by atoms with van der Waals surface area (Å²) in [5.74, 6) is 0.861. The first kappa shape index (κ1) is 14.4. The number of anilines is 1. The van der Waals surface area contributed by atoms with E-state index >= 15 is 0 Å². The standard InChI is InChI=1S/C13H13Cl2N3S/c1-3-16-12-8(2)13(18-7-17-12)19-9-4-5-10(14)11(15)6-9/h4-7H,3H2,1-2H3,(H,16,17,18). The molecule has 0 radical (unpaired) electrons. The molecule has 0 saturated heterocycles. The summed E-state index contributed by atoms with van der Waals surface area (Å²) in [5.41, 5.74) is 1.03. The first-order chi connectivity index (χ1) is 9.11. The van der Waals surface area contributed by atoms with Crippen LogP contribution in [0.25, 0.3) is 0 Å². The Morgan fingerprint density at radius 3 is 2.68 bits per heavy atom. The predicted molar refractivity (Wildman–Crippen MR) is 81.5 cm³/mol. The van der Waals surface area contributed by atoms with Gasteiger partial charge in [-0.3, -0.25) is 0 Å². The smallest absolute Gasteiger partial charge is 0.133 e. The van der Waals surface area contributed by atoms with Gasteiger partial charge in [-0.25, -0.2) is 9.97 Å². The fourth-order valence-corrected chi connectivity index (χ4v) is 2.78. The van der Waals surface area contributed by atoms with Crippen molar-refractivity contribution in [3.63, 3.8) is 0 Å². The average molecular weight is 314 g/mol. The van der Waals surface area contributed by atoms with Gasteiger partial charge in [-0.05, 0) is 32.0 Å². The molecule has 1 aromatic carbocycles. The molecule has 100 valence electrons. The van der Waals surface area contributed by atoms with Crippen LogP contribution >= 0.6 is 35.0 Å². The van der Waals surface area contributed by atoms with Crippen LogP contribution in [0.4, 0.5) is 5.82 Å². The van der Waals surface area contributed by atoms with Crippen molar-refractivity contribution < 1.29 is 0 Å². The summed E-state index contributed by atoms with van der Waals surface area (Å²) >= 11 is 13.5. The summed E-state index contributed by atoms with van der Waals surface area (Å²) in [4.78, 5) is 9.52. The van der Waals surface area contributed by atoms with E-state index in [4.69, 9.17) is 23.2 Å². The van der Waals surface area contributed by atoms with Crippen molar-refractivity contribution >= 4 is 40.8 Å². The quantitative estimate of drug-likeness (QED) is 0.832. The van der Waals surface area contributed by atoms with Gasteiger partial charge >= 0.3 is 0 Å². The number of aromatic nitrogens is 2. The minimum Gasteiger partial charge on any atom is -0.370 e. The maximum absolute atomic E-state index is 6.01. The van der Waals surface area contributed by atoms with Crippen LogP contribution in [0.5, 0.6) is 0 Å². The van der Waals surface area contributed by atoms with E-state index in [0.717, 1.165) is 27.8 Å². The Kier molecular flexibility index (Phi) is 4.91. The first-order valence-electron chi connectivity index (χ1n) is 5.80. The highest BCUT2D eigenvalue weighted by Gasteiger charge is 2.09. The molecule has 2 aromatic rings. The molecule has 6 heteroatoms. The molecule has 1 aromatic heterocycles. The summed E-state index contributed by atoms with van der Waals surface area (Å²) in [6, 6.07) is 5.55. The van der Waals surface area contributed by atoms with Gasteiger partial charge in [0.2, 0.25) is 0 Å². The second-order valence-electron chi connectivity index (χ2n) is 3.86. The molecule has 3 nitrogen and oxygen atoms in total. The van der Waals surface area contributed by atoms with Crippen molar-refractivity contribution in [1.29, 1.82) is 0 Å². The fraction of sp³-hybridized carbons (Fsp3) is 0.231. The molecule has 0 spiro atoms. The molecule has 0 atom stereocenters. The van der Waals surface area contributed by atoms with E-state index < -0.39 is 0 Å². The summed E-state index contributed by atoms with van der Waals surface area (Å²) in [6.07, 6.45) is 1.56. The van der Waals surface area contributed by atoms with Crippen LogP contribution in [-0.4, -0.2) is 16.5 Å². The van der Waals surface area contributed by atoms with Gasteiger partial charge in [0.05, 0.1) is 10.0 Å². The highest BCUT2D eigenvalue weighted by molar-refractivity contribution is 7.99. The van der Waals surface area contributed by atoms with E-state index in [1.54, 1.807) is 24.2 Å². The third kappa shape index (κ3) is 3.53. The Morgan fingerprint density at radius 1 is 1.21 bits per heavy atom. The van der Waals surface area contributed by atoms with Crippen molar-refractivity contribution in [1.82, 2.24) is 9.97 Å². The van der Waals surface area contributed by atoms with Crippen LogP contribution in [-0.2, 0) is 0 Å². The number of hydrogen-bond acceptors (Lipinski definition) is 4. The van der Waals surface area contributed by atoms with Crippen LogP contribution in [0.1, 0.15) is 12.5 Å². The molecule has 0 aliphatic carbocycles. The second-order valence-corrected chi connectivity index (χ2v) is 5.74. The zero-order valence-electron chi connectivity index (χ0n) is 10.6. The zero-order valence-corrected chi connectivity index (χ0v) is 12.9. The molecular weight excluding hydrogens is 301 g/mol. The van der Waals surface area contributed by atoms with Gasteiger partial charge in [-0.1, -0.05) is 35.0 Å². The van der Waals surface area contributed by atoms with E-state index in [1.807, 2.05) is 26.0 Å². The second kappa shape index (κ2) is 6.46. The normalized spacial score (nSPS) is 10.5. The Labute approximate surface area is 126 Å². The van der Waals surface area contributed by atoms with E-state index in [1.165, 1.54) is 0 Å². The van der Waals surface area contributed by atoms with Crippen LogP contribution < -0.4 is 5.32 Å². The largest absolute Gasteiger partial charge is 0.370 e. The maximum atomic E-state index is 6.01. The SMILES string of the molecule is CCNc1ncnc(Sc2ccc(Cl)c(Cl)c2)c1C. The van der Waals surface area contributed by atoms with Crippen LogP contribution in [0.15, 0.2) is 34.4 Å². The van der Waals surface area contributed by atoms with Gasteiger partial charge in [0.25, 0.3) is 0 Å². The summed E-state index contributed by atoms with van der Waals surface area (Å²) in [6.45, 7) is 4.86. The highest BCUT2D eigenvalue weighted by Crippen LogP contribution is 2.34. The summed E-state index contributed by atoms with van der Waals surface area (Å²) < 4.78 is 0. The van der Waals surface area contributed by atoms with E-state index in [2.05, 4.69) is 15.3 Å². The number of hydrogen-bond donors (Lipinski definition) is 1. The monoisotopic (exact) mass is 313 g/mol. The molecule has 0 aliphatic heterocycles. The number of halogens is 2. The third-order valence-electron chi connectivity index (χ3n) is 2.49. The van der Waals surface area contributed by atoms with Crippen LogP contribution in [0, 0.1) is 6.92 Å². The number of rotatable bonds is 4. The van der Waals surface area contributed by atoms with Crippen molar-refractivity contribution in [3.05, 3.63) is 40.1 Å². The number of benzene rings is 1. The molecule has 2 rings (SSSR count). The molecule has 0 bridgehead atoms. The molecule has 0 aliphatic rings. The molecule has 0 amide bonds. The number of nitrogens with one attached hydrogen (secondary N) is 1. The maximum Gasteiger partial charge on any atom is 0.133 e. The third-order valence-corrected chi connectivity index (χ3v) is 4.32. The van der Waals surface area contributed by atoms with Crippen molar-refractivity contribution in [2.24, 2.45) is 0 Å². The van der Waals surface area contributed by atoms with Gasteiger partial charge in [-0.2, -0.15) is 0 Å². The molecule has 1 N–H and O–H groups in total. The molecule has 0 unspecified atom stereocenters. The molecule has 0 fully saturated rings. The van der Waals surface area contributed by atoms with Crippen LogP contribution in [0.2, 0.25) is 10.0 Å². The number of nitrogens with zero attached hydrogens (tertiary/aromatic N) is 2. The highest BCUT2D eigenvalue weighted by atomic mass is 35.5. The fourth-order valence-electron chi connectivity index (χ4n) is 1.53. The van der Waals surface area contributed by atoms with Gasteiger partial charge < -0.3 is 5.32 Å². The Bertz CT molecular complexity index is 590. The molecule has 1 heterocycles. The van der Waals surface area contributed by atoms with Gasteiger partial charge in [0.15, 0.2) is 0 Å². The van der Waals surface area contributed by atoms with Crippen molar-refractivity contribution in [3.8, 4) is 0 Å². The van der Waals surface area contributed by atoms with E-state index in [-0.39, 0.29) is 0 Å². The molecule has 0 saturated carbocycles. The lowest BCUT2D eigenvalue weighted by Gasteiger charge is -2.10. The minimum absolute atomic E-state index is 0.547. The minimum atomic E-state index is 0.547. The zero-order chi connectivity index (χ0) is 13.8. The summed E-state index contributed by atoms with van der Waals surface area (Å²) in [7, 11) is 0. The predicted octanol–water partition coefficient (Wildman–Crippen LogP) is 4.67. The summed E-state index contributed by atoms with van der Waals surface area (Å²) in [5, 5.41) is 5.22. The van der Waals surface area contributed by atoms with Gasteiger partial charge in [0, 0.05) is 17.0 Å². The Balaban J connectivity index is 2.27.